The predicted molar refractivity (Wildman–Crippen MR) is 120 cm³/mol. The summed E-state index contributed by atoms with van der Waals surface area (Å²) < 4.78 is 40.3. The van der Waals surface area contributed by atoms with E-state index in [0.717, 1.165) is 12.1 Å². The number of anilines is 1. The normalized spacial score (nSPS) is 20.6. The third kappa shape index (κ3) is 4.11. The molecule has 2 aliphatic rings. The Balaban J connectivity index is 1.99. The highest BCUT2D eigenvalue weighted by molar-refractivity contribution is 6.30. The Labute approximate surface area is 194 Å². The summed E-state index contributed by atoms with van der Waals surface area (Å²) in [6.07, 6.45) is -3.88. The summed E-state index contributed by atoms with van der Waals surface area (Å²) in [6.45, 7) is 3.85. The van der Waals surface area contributed by atoms with E-state index < -0.39 is 23.1 Å². The lowest BCUT2D eigenvalue weighted by atomic mass is 9.68. The topological polar surface area (TPSA) is 70.1 Å². The van der Waals surface area contributed by atoms with Crippen LogP contribution in [0.1, 0.15) is 43.7 Å². The highest BCUT2D eigenvalue weighted by Gasteiger charge is 2.45. The van der Waals surface area contributed by atoms with Crippen molar-refractivity contribution in [2.45, 2.75) is 38.8 Å². The molecule has 4 rings (SSSR count). The van der Waals surface area contributed by atoms with Gasteiger partial charge in [-0.1, -0.05) is 43.6 Å². The molecule has 2 N–H and O–H groups in total. The number of rotatable bonds is 2. The fourth-order valence-corrected chi connectivity index (χ4v) is 4.74. The van der Waals surface area contributed by atoms with Gasteiger partial charge in [0.2, 0.25) is 0 Å². The highest BCUT2D eigenvalue weighted by Crippen LogP contribution is 2.50. The molecule has 2 aromatic rings. The first-order valence-electron chi connectivity index (χ1n) is 10.3. The molecule has 1 unspecified atom stereocenters. The molecular weight excluding hydrogens is 451 g/mol. The average Bonchev–Trinajstić information content (AvgIpc) is 2.72. The van der Waals surface area contributed by atoms with E-state index in [-0.39, 0.29) is 29.3 Å². The number of hydrogen-bond acceptors (Lipinski definition) is 4. The first kappa shape index (κ1) is 22.9. The van der Waals surface area contributed by atoms with Crippen molar-refractivity contribution in [3.8, 4) is 6.07 Å². The molecule has 0 radical (unpaired) electrons. The summed E-state index contributed by atoms with van der Waals surface area (Å²) in [4.78, 5) is 14.8. The van der Waals surface area contributed by atoms with Gasteiger partial charge in [-0.15, -0.1) is 0 Å². The molecule has 0 fully saturated rings. The van der Waals surface area contributed by atoms with Gasteiger partial charge in [-0.25, -0.2) is 0 Å². The molecule has 1 aliphatic carbocycles. The summed E-state index contributed by atoms with van der Waals surface area (Å²) in [5.74, 6) is -0.854. The maximum absolute atomic E-state index is 13.4. The second kappa shape index (κ2) is 7.96. The van der Waals surface area contributed by atoms with E-state index in [2.05, 4.69) is 6.07 Å². The molecule has 0 aromatic heterocycles. The number of nitrogens with two attached hydrogens (primary N) is 1. The largest absolute Gasteiger partial charge is 0.416 e. The van der Waals surface area contributed by atoms with Crippen molar-refractivity contribution in [2.75, 3.05) is 4.90 Å². The van der Waals surface area contributed by atoms with Crippen LogP contribution >= 0.6 is 11.6 Å². The molecule has 1 aliphatic heterocycles. The second-order valence-electron chi connectivity index (χ2n) is 9.08. The van der Waals surface area contributed by atoms with Crippen LogP contribution in [0.25, 0.3) is 0 Å². The lowest BCUT2D eigenvalue weighted by Gasteiger charge is -2.43. The number of halogens is 4. The predicted octanol–water partition coefficient (Wildman–Crippen LogP) is 6.30. The van der Waals surface area contributed by atoms with Crippen LogP contribution in [0, 0.1) is 16.7 Å². The van der Waals surface area contributed by atoms with E-state index in [1.54, 1.807) is 24.3 Å². The lowest BCUT2D eigenvalue weighted by molar-refractivity contribution is -0.137. The molecule has 0 saturated heterocycles. The average molecular weight is 472 g/mol. The number of allylic oxidation sites excluding steroid dienone is 3. The second-order valence-corrected chi connectivity index (χ2v) is 9.52. The molecular formula is C25H21ClF3N3O. The smallest absolute Gasteiger partial charge is 0.384 e. The number of ketones is 1. The highest BCUT2D eigenvalue weighted by atomic mass is 35.5. The SMILES string of the molecule is CC1(C)CC(=O)C2=C(C1)N(c1cccc(C(F)(F)F)c1)C(N)=C(C#N)C2c1ccc(Cl)cc1. The van der Waals surface area contributed by atoms with Crippen molar-refractivity contribution < 1.29 is 18.0 Å². The summed E-state index contributed by atoms with van der Waals surface area (Å²) in [7, 11) is 0. The Morgan fingerprint density at radius 2 is 1.82 bits per heavy atom. The Hall–Kier alpha value is -3.24. The third-order valence-corrected chi connectivity index (χ3v) is 6.27. The summed E-state index contributed by atoms with van der Waals surface area (Å²) in [5, 5.41) is 10.5. The van der Waals surface area contributed by atoms with Gasteiger partial charge < -0.3 is 5.73 Å². The van der Waals surface area contributed by atoms with Crippen molar-refractivity contribution in [1.82, 2.24) is 0 Å². The molecule has 0 saturated carbocycles. The zero-order valence-corrected chi connectivity index (χ0v) is 18.8. The van der Waals surface area contributed by atoms with Gasteiger partial charge in [-0.3, -0.25) is 9.69 Å². The molecule has 1 heterocycles. The number of alkyl halides is 3. The van der Waals surface area contributed by atoms with Gasteiger partial charge >= 0.3 is 6.18 Å². The van der Waals surface area contributed by atoms with Gasteiger partial charge in [0.15, 0.2) is 5.78 Å². The van der Waals surface area contributed by atoms with Crippen molar-refractivity contribution in [3.05, 3.63) is 87.3 Å². The van der Waals surface area contributed by atoms with E-state index in [9.17, 15) is 23.2 Å². The molecule has 0 spiro atoms. The van der Waals surface area contributed by atoms with Gasteiger partial charge in [-0.2, -0.15) is 18.4 Å². The fraction of sp³-hybridized carbons (Fsp3) is 0.280. The minimum atomic E-state index is -4.55. The standard InChI is InChI=1S/C25H21ClF3N3O/c1-24(2)11-19-22(20(33)12-24)21(14-6-8-16(26)9-7-14)18(13-30)23(31)32(19)17-5-3-4-15(10-17)25(27,28)29/h3-10,21H,11-12,31H2,1-2H3. The van der Waals surface area contributed by atoms with Crippen molar-refractivity contribution >= 4 is 23.1 Å². The number of carbonyl (C=O) groups is 1. The van der Waals surface area contributed by atoms with Crippen molar-refractivity contribution in [2.24, 2.45) is 11.1 Å². The summed E-state index contributed by atoms with van der Waals surface area (Å²) >= 11 is 6.03. The first-order valence-corrected chi connectivity index (χ1v) is 10.7. The molecule has 2 aromatic carbocycles. The fourth-order valence-electron chi connectivity index (χ4n) is 4.61. The Morgan fingerprint density at radius 1 is 1.15 bits per heavy atom. The van der Waals surface area contributed by atoms with Gasteiger partial charge in [0.1, 0.15) is 5.82 Å². The molecule has 1 atom stereocenters. The number of hydrogen-bond donors (Lipinski definition) is 1. The number of nitrogens with zero attached hydrogens (tertiary/aromatic N) is 2. The summed E-state index contributed by atoms with van der Waals surface area (Å²) in [6, 6.07) is 13.6. The van der Waals surface area contributed by atoms with Crippen LogP contribution in [-0.2, 0) is 11.0 Å². The lowest BCUT2D eigenvalue weighted by Crippen LogP contribution is -2.42. The first-order chi connectivity index (χ1) is 15.4. The minimum Gasteiger partial charge on any atom is -0.384 e. The van der Waals surface area contributed by atoms with Crippen LogP contribution in [0.15, 0.2) is 71.2 Å². The molecule has 0 amide bonds. The Bertz CT molecular complexity index is 1240. The number of nitriles is 1. The molecule has 0 bridgehead atoms. The van der Waals surface area contributed by atoms with Crippen LogP contribution in [0.4, 0.5) is 18.9 Å². The number of benzene rings is 2. The Kier molecular flexibility index (Phi) is 5.53. The van der Waals surface area contributed by atoms with Crippen LogP contribution in [0.3, 0.4) is 0 Å². The maximum atomic E-state index is 13.4. The monoisotopic (exact) mass is 471 g/mol. The van der Waals surface area contributed by atoms with Gasteiger partial charge in [-0.05, 0) is 47.7 Å². The minimum absolute atomic E-state index is 0.0148. The van der Waals surface area contributed by atoms with E-state index >= 15 is 0 Å². The van der Waals surface area contributed by atoms with Crippen molar-refractivity contribution in [1.29, 1.82) is 5.26 Å². The maximum Gasteiger partial charge on any atom is 0.416 e. The van der Waals surface area contributed by atoms with Crippen LogP contribution < -0.4 is 10.6 Å². The van der Waals surface area contributed by atoms with E-state index in [4.69, 9.17) is 17.3 Å². The molecule has 8 heteroatoms. The zero-order valence-electron chi connectivity index (χ0n) is 18.0. The van der Waals surface area contributed by atoms with E-state index in [0.29, 0.717) is 28.3 Å². The quantitative estimate of drug-likeness (QED) is 0.558. The van der Waals surface area contributed by atoms with Crippen LogP contribution in [0.5, 0.6) is 0 Å². The van der Waals surface area contributed by atoms with Gasteiger partial charge in [0, 0.05) is 28.4 Å². The van der Waals surface area contributed by atoms with E-state index in [1.807, 2.05) is 13.8 Å². The molecule has 33 heavy (non-hydrogen) atoms. The Morgan fingerprint density at radius 3 is 2.42 bits per heavy atom. The molecule has 170 valence electrons. The van der Waals surface area contributed by atoms with Crippen LogP contribution in [-0.4, -0.2) is 5.78 Å². The van der Waals surface area contributed by atoms with Gasteiger partial charge in [0.05, 0.1) is 23.1 Å². The molecule has 4 nitrogen and oxygen atoms in total. The number of carbonyl (C=O) groups excluding carboxylic acids is 1. The van der Waals surface area contributed by atoms with Crippen LogP contribution in [0.2, 0.25) is 5.02 Å². The third-order valence-electron chi connectivity index (χ3n) is 6.02. The summed E-state index contributed by atoms with van der Waals surface area (Å²) in [5.41, 5.74) is 7.04. The van der Waals surface area contributed by atoms with E-state index in [1.165, 1.54) is 17.0 Å². The zero-order chi connectivity index (χ0) is 24.1. The van der Waals surface area contributed by atoms with Gasteiger partial charge in [0.25, 0.3) is 0 Å². The van der Waals surface area contributed by atoms with Crippen molar-refractivity contribution in [3.63, 3.8) is 0 Å². The number of Topliss-reactive ketones (excluding diaryl/α,β-unsaturated/α-hetero) is 1.